The van der Waals surface area contributed by atoms with Gasteiger partial charge in [0.1, 0.15) is 6.33 Å². The molecule has 0 aliphatic rings. The molecule has 0 bridgehead atoms. The smallest absolute Gasteiger partial charge is 0.286 e. The topological polar surface area (TPSA) is 52.7 Å². The van der Waals surface area contributed by atoms with Gasteiger partial charge in [-0.25, -0.2) is 9.97 Å². The van der Waals surface area contributed by atoms with E-state index in [2.05, 4.69) is 9.97 Å². The second-order valence-electron chi connectivity index (χ2n) is 3.92. The van der Waals surface area contributed by atoms with Crippen LogP contribution in [0.25, 0.3) is 16.9 Å². The van der Waals surface area contributed by atoms with Crippen LogP contribution in [0.4, 0.5) is 0 Å². The van der Waals surface area contributed by atoms with Gasteiger partial charge in [-0.05, 0) is 24.3 Å². The van der Waals surface area contributed by atoms with Gasteiger partial charge in [-0.2, -0.15) is 0 Å². The van der Waals surface area contributed by atoms with Crippen LogP contribution < -0.4 is 5.56 Å². The second-order valence-corrected chi connectivity index (χ2v) is 4.36. The first kappa shape index (κ1) is 11.0. The monoisotopic (exact) mass is 260 g/mol. The molecule has 0 spiro atoms. The third kappa shape index (κ3) is 1.60. The highest BCUT2D eigenvalue weighted by Crippen LogP contribution is 2.12. The predicted molar refractivity (Wildman–Crippen MR) is 69.1 cm³/mol. The van der Waals surface area contributed by atoms with Crippen molar-refractivity contribution < 1.29 is 0 Å². The Balaban J connectivity index is 2.27. The van der Waals surface area contributed by atoms with Crippen LogP contribution in [0.3, 0.4) is 0 Å². The molecule has 0 radical (unpaired) electrons. The zero-order valence-electron chi connectivity index (χ0n) is 9.54. The molecule has 2 heterocycles. The molecular weight excluding hydrogens is 252 g/mol. The van der Waals surface area contributed by atoms with Gasteiger partial charge in [-0.3, -0.25) is 9.36 Å². The Bertz CT molecular complexity index is 773. The second kappa shape index (κ2) is 3.96. The maximum Gasteiger partial charge on any atom is 0.286 e. The van der Waals surface area contributed by atoms with Crippen molar-refractivity contribution in [2.45, 2.75) is 0 Å². The number of nitrogens with zero attached hydrogens (tertiary/aromatic N) is 4. The van der Waals surface area contributed by atoms with Gasteiger partial charge in [0.2, 0.25) is 0 Å². The van der Waals surface area contributed by atoms with Crippen molar-refractivity contribution in [1.82, 2.24) is 19.1 Å². The van der Waals surface area contributed by atoms with Crippen molar-refractivity contribution in [3.63, 3.8) is 0 Å². The Labute approximate surface area is 107 Å². The number of hydrogen-bond donors (Lipinski definition) is 0. The number of rotatable bonds is 1. The first-order valence-corrected chi connectivity index (χ1v) is 5.69. The first-order chi connectivity index (χ1) is 8.66. The molecular formula is C12H9ClN4O. The van der Waals surface area contributed by atoms with E-state index in [0.717, 1.165) is 0 Å². The number of fused-ring (bicyclic) bond motifs is 1. The van der Waals surface area contributed by atoms with Gasteiger partial charge in [0.15, 0.2) is 11.2 Å². The zero-order chi connectivity index (χ0) is 12.7. The third-order valence-corrected chi connectivity index (χ3v) is 2.98. The Morgan fingerprint density at radius 3 is 2.56 bits per heavy atom. The number of hydrogen-bond acceptors (Lipinski definition) is 3. The van der Waals surface area contributed by atoms with E-state index < -0.39 is 0 Å². The summed E-state index contributed by atoms with van der Waals surface area (Å²) in [5, 5.41) is 0.624. The maximum absolute atomic E-state index is 12.2. The molecule has 18 heavy (non-hydrogen) atoms. The van der Waals surface area contributed by atoms with E-state index in [-0.39, 0.29) is 5.56 Å². The van der Waals surface area contributed by atoms with E-state index in [0.29, 0.717) is 21.9 Å². The molecule has 5 nitrogen and oxygen atoms in total. The lowest BCUT2D eigenvalue weighted by molar-refractivity contribution is 0.909. The van der Waals surface area contributed by atoms with Crippen LogP contribution in [0.1, 0.15) is 0 Å². The van der Waals surface area contributed by atoms with Gasteiger partial charge < -0.3 is 4.57 Å². The van der Waals surface area contributed by atoms with Crippen LogP contribution in [0.2, 0.25) is 5.02 Å². The maximum atomic E-state index is 12.2. The summed E-state index contributed by atoms with van der Waals surface area (Å²) in [6.45, 7) is 0. The molecule has 2 aromatic heterocycles. The molecule has 3 rings (SSSR count). The average Bonchev–Trinajstić information content (AvgIpc) is 2.74. The van der Waals surface area contributed by atoms with Crippen LogP contribution in [0, 0.1) is 0 Å². The minimum atomic E-state index is -0.192. The highest BCUT2D eigenvalue weighted by atomic mass is 35.5. The lowest BCUT2D eigenvalue weighted by Crippen LogP contribution is -2.19. The van der Waals surface area contributed by atoms with Crippen molar-refractivity contribution in [1.29, 1.82) is 0 Å². The molecule has 0 atom stereocenters. The van der Waals surface area contributed by atoms with Gasteiger partial charge in [0, 0.05) is 12.1 Å². The van der Waals surface area contributed by atoms with Crippen LogP contribution in [0.5, 0.6) is 0 Å². The fourth-order valence-electron chi connectivity index (χ4n) is 1.79. The molecule has 0 saturated heterocycles. The summed E-state index contributed by atoms with van der Waals surface area (Å²) in [6, 6.07) is 6.98. The highest BCUT2D eigenvalue weighted by molar-refractivity contribution is 6.30. The highest BCUT2D eigenvalue weighted by Gasteiger charge is 2.09. The van der Waals surface area contributed by atoms with Crippen molar-refractivity contribution >= 4 is 22.8 Å². The molecule has 0 unspecified atom stereocenters. The van der Waals surface area contributed by atoms with E-state index in [4.69, 9.17) is 11.6 Å². The third-order valence-electron chi connectivity index (χ3n) is 2.73. The normalized spacial score (nSPS) is 11.0. The van der Waals surface area contributed by atoms with Gasteiger partial charge >= 0.3 is 0 Å². The molecule has 0 saturated carbocycles. The number of aromatic nitrogens is 4. The lowest BCUT2D eigenvalue weighted by Gasteiger charge is -2.04. The van der Waals surface area contributed by atoms with E-state index in [9.17, 15) is 4.79 Å². The quantitative estimate of drug-likeness (QED) is 0.670. The molecule has 0 fully saturated rings. The van der Waals surface area contributed by atoms with Crippen molar-refractivity contribution in [2.24, 2.45) is 7.05 Å². The van der Waals surface area contributed by atoms with Crippen molar-refractivity contribution in [3.8, 4) is 5.69 Å². The summed E-state index contributed by atoms with van der Waals surface area (Å²) in [5.41, 5.74) is 1.45. The standard InChI is InChI=1S/C12H9ClN4O/c1-16-6-14-10-11(16)15-7-17(12(10)18)9-4-2-8(13)3-5-9/h2-7H,1H3. The number of halogens is 1. The van der Waals surface area contributed by atoms with Crippen LogP contribution >= 0.6 is 11.6 Å². The fraction of sp³-hybridized carbons (Fsp3) is 0.0833. The summed E-state index contributed by atoms with van der Waals surface area (Å²) in [5.74, 6) is 0. The van der Waals surface area contributed by atoms with Gasteiger partial charge in [0.05, 0.1) is 12.0 Å². The van der Waals surface area contributed by atoms with E-state index in [1.54, 1.807) is 42.2 Å². The minimum absolute atomic E-state index is 0.192. The molecule has 0 N–H and O–H groups in total. The van der Waals surface area contributed by atoms with E-state index in [1.807, 2.05) is 0 Å². The molecule has 0 aliphatic heterocycles. The Morgan fingerprint density at radius 1 is 1.11 bits per heavy atom. The van der Waals surface area contributed by atoms with Crippen molar-refractivity contribution in [3.05, 3.63) is 52.3 Å². The number of benzene rings is 1. The van der Waals surface area contributed by atoms with Crippen LogP contribution in [-0.2, 0) is 7.05 Å². The predicted octanol–water partition coefficient (Wildman–Crippen LogP) is 1.77. The molecule has 0 aliphatic carbocycles. The first-order valence-electron chi connectivity index (χ1n) is 5.31. The largest absolute Gasteiger partial charge is 0.318 e. The number of aryl methyl sites for hydroxylation is 1. The molecule has 1 aromatic carbocycles. The lowest BCUT2D eigenvalue weighted by atomic mass is 10.3. The van der Waals surface area contributed by atoms with E-state index >= 15 is 0 Å². The van der Waals surface area contributed by atoms with Gasteiger partial charge in [-0.1, -0.05) is 11.6 Å². The Morgan fingerprint density at radius 2 is 1.83 bits per heavy atom. The summed E-state index contributed by atoms with van der Waals surface area (Å²) in [4.78, 5) is 20.5. The minimum Gasteiger partial charge on any atom is -0.318 e. The van der Waals surface area contributed by atoms with Gasteiger partial charge in [-0.15, -0.1) is 0 Å². The Kier molecular flexibility index (Phi) is 2.41. The van der Waals surface area contributed by atoms with Crippen molar-refractivity contribution in [2.75, 3.05) is 0 Å². The van der Waals surface area contributed by atoms with Gasteiger partial charge in [0.25, 0.3) is 5.56 Å². The Hall–Kier alpha value is -2.14. The van der Waals surface area contributed by atoms with Crippen LogP contribution in [-0.4, -0.2) is 19.1 Å². The van der Waals surface area contributed by atoms with Crippen LogP contribution in [0.15, 0.2) is 41.7 Å². The summed E-state index contributed by atoms with van der Waals surface area (Å²) in [6.07, 6.45) is 3.07. The zero-order valence-corrected chi connectivity index (χ0v) is 10.3. The fourth-order valence-corrected chi connectivity index (χ4v) is 1.92. The van der Waals surface area contributed by atoms with E-state index in [1.165, 1.54) is 10.9 Å². The SMILES string of the molecule is Cn1cnc2c(=O)n(-c3ccc(Cl)cc3)cnc21. The molecule has 90 valence electrons. The summed E-state index contributed by atoms with van der Waals surface area (Å²) in [7, 11) is 1.80. The summed E-state index contributed by atoms with van der Waals surface area (Å²) >= 11 is 5.82. The average molecular weight is 261 g/mol. The summed E-state index contributed by atoms with van der Waals surface area (Å²) < 4.78 is 3.16. The molecule has 3 aromatic rings. The molecule has 6 heteroatoms. The number of imidazole rings is 1. The molecule has 0 amide bonds.